The van der Waals surface area contributed by atoms with Crippen LogP contribution in [-0.2, 0) is 14.8 Å². The Labute approximate surface area is 110 Å². The number of amides is 1. The molecule has 1 saturated heterocycles. The Bertz CT molecular complexity index is 379. The lowest BCUT2D eigenvalue weighted by Gasteiger charge is -2.36. The van der Waals surface area contributed by atoms with E-state index in [1.165, 1.54) is 0 Å². The van der Waals surface area contributed by atoms with Crippen LogP contribution in [0.2, 0.25) is 0 Å². The molecule has 1 atom stereocenters. The minimum atomic E-state index is -3.18. The highest BCUT2D eigenvalue weighted by Gasteiger charge is 2.27. The van der Waals surface area contributed by atoms with Crippen molar-refractivity contribution in [2.75, 3.05) is 19.3 Å². The quantitative estimate of drug-likeness (QED) is 0.813. The third kappa shape index (κ3) is 5.35. The summed E-state index contributed by atoms with van der Waals surface area (Å²) < 4.78 is 24.7. The highest BCUT2D eigenvalue weighted by atomic mass is 32.2. The van der Waals surface area contributed by atoms with Gasteiger partial charge in [0.25, 0.3) is 0 Å². The summed E-state index contributed by atoms with van der Waals surface area (Å²) >= 11 is 0. The van der Waals surface area contributed by atoms with Crippen LogP contribution in [0.25, 0.3) is 0 Å². The topological polar surface area (TPSA) is 66.5 Å². The standard InChI is InChI=1S/C12H24N2O3S/c1-10(2)8-12(15)14-7-5-4-6-11(14)9-13-18(3,16)17/h10-11,13H,4-9H2,1-3H3. The molecule has 0 aromatic heterocycles. The summed E-state index contributed by atoms with van der Waals surface area (Å²) in [6.45, 7) is 5.13. The third-order valence-electron chi connectivity index (χ3n) is 3.11. The molecule has 1 aliphatic heterocycles. The van der Waals surface area contributed by atoms with Crippen LogP contribution in [0.1, 0.15) is 39.5 Å². The molecule has 18 heavy (non-hydrogen) atoms. The summed E-state index contributed by atoms with van der Waals surface area (Å²) in [6.07, 6.45) is 4.64. The number of carbonyl (C=O) groups is 1. The van der Waals surface area contributed by atoms with Crippen LogP contribution in [0.5, 0.6) is 0 Å². The van der Waals surface area contributed by atoms with Crippen LogP contribution in [0, 0.1) is 5.92 Å². The van der Waals surface area contributed by atoms with Crippen molar-refractivity contribution < 1.29 is 13.2 Å². The van der Waals surface area contributed by atoms with Gasteiger partial charge in [-0.1, -0.05) is 13.8 Å². The predicted molar refractivity (Wildman–Crippen MR) is 71.7 cm³/mol. The predicted octanol–water partition coefficient (Wildman–Crippen LogP) is 0.963. The normalized spacial score (nSPS) is 21.3. The van der Waals surface area contributed by atoms with Gasteiger partial charge in [-0.25, -0.2) is 13.1 Å². The van der Waals surface area contributed by atoms with Gasteiger partial charge in [0.05, 0.1) is 6.26 Å². The first kappa shape index (κ1) is 15.4. The molecule has 1 heterocycles. The summed E-state index contributed by atoms with van der Waals surface area (Å²) in [5, 5.41) is 0. The monoisotopic (exact) mass is 276 g/mol. The molecule has 0 bridgehead atoms. The molecule has 0 aromatic carbocycles. The van der Waals surface area contributed by atoms with Gasteiger partial charge in [-0.15, -0.1) is 0 Å². The van der Waals surface area contributed by atoms with Gasteiger partial charge in [0, 0.05) is 25.6 Å². The summed E-state index contributed by atoms with van der Waals surface area (Å²) in [5.41, 5.74) is 0. The number of hydrogen-bond acceptors (Lipinski definition) is 3. The molecule has 1 fully saturated rings. The van der Waals surface area contributed by atoms with Crippen LogP contribution in [-0.4, -0.2) is 44.6 Å². The lowest BCUT2D eigenvalue weighted by Crippen LogP contribution is -2.49. The number of hydrogen-bond donors (Lipinski definition) is 1. The van der Waals surface area contributed by atoms with Crippen LogP contribution in [0.15, 0.2) is 0 Å². The average molecular weight is 276 g/mol. The minimum Gasteiger partial charge on any atom is -0.338 e. The minimum absolute atomic E-state index is 0.0136. The molecule has 1 unspecified atom stereocenters. The first-order valence-electron chi connectivity index (χ1n) is 6.53. The van der Waals surface area contributed by atoms with E-state index in [4.69, 9.17) is 0 Å². The first-order valence-corrected chi connectivity index (χ1v) is 8.43. The Balaban J connectivity index is 2.59. The van der Waals surface area contributed by atoms with Crippen LogP contribution in [0.3, 0.4) is 0 Å². The molecule has 0 aliphatic carbocycles. The molecule has 1 aliphatic rings. The molecule has 5 nitrogen and oxygen atoms in total. The second kappa shape index (κ2) is 6.52. The third-order valence-corrected chi connectivity index (χ3v) is 3.80. The lowest BCUT2D eigenvalue weighted by molar-refractivity contribution is -0.135. The number of sulfonamides is 1. The van der Waals surface area contributed by atoms with Gasteiger partial charge < -0.3 is 4.90 Å². The maximum absolute atomic E-state index is 12.1. The maximum atomic E-state index is 12.1. The number of nitrogens with one attached hydrogen (secondary N) is 1. The number of likely N-dealkylation sites (tertiary alicyclic amines) is 1. The number of piperidine rings is 1. The van der Waals surface area contributed by atoms with E-state index in [9.17, 15) is 13.2 Å². The summed E-state index contributed by atoms with van der Waals surface area (Å²) in [5.74, 6) is 0.480. The van der Waals surface area contributed by atoms with Crippen molar-refractivity contribution in [1.82, 2.24) is 9.62 Å². The van der Waals surface area contributed by atoms with Gasteiger partial charge in [0.15, 0.2) is 0 Å². The van der Waals surface area contributed by atoms with Crippen molar-refractivity contribution in [1.29, 1.82) is 0 Å². The molecule has 1 amide bonds. The fraction of sp³-hybridized carbons (Fsp3) is 0.917. The van der Waals surface area contributed by atoms with Crippen LogP contribution >= 0.6 is 0 Å². The first-order chi connectivity index (χ1) is 8.29. The summed E-state index contributed by atoms with van der Waals surface area (Å²) in [4.78, 5) is 13.9. The highest BCUT2D eigenvalue weighted by Crippen LogP contribution is 2.19. The molecular formula is C12H24N2O3S. The van der Waals surface area contributed by atoms with Gasteiger partial charge in [0.2, 0.25) is 15.9 Å². The Hall–Kier alpha value is -0.620. The van der Waals surface area contributed by atoms with E-state index in [-0.39, 0.29) is 11.9 Å². The lowest BCUT2D eigenvalue weighted by atomic mass is 10.0. The second-order valence-electron chi connectivity index (χ2n) is 5.46. The molecule has 0 aromatic rings. The summed E-state index contributed by atoms with van der Waals surface area (Å²) in [7, 11) is -3.18. The van der Waals surface area contributed by atoms with Gasteiger partial charge >= 0.3 is 0 Å². The van der Waals surface area contributed by atoms with E-state index in [0.717, 1.165) is 32.1 Å². The zero-order valence-corrected chi connectivity index (χ0v) is 12.3. The molecule has 0 spiro atoms. The van der Waals surface area contributed by atoms with E-state index in [2.05, 4.69) is 4.72 Å². The fourth-order valence-electron chi connectivity index (χ4n) is 2.26. The zero-order chi connectivity index (χ0) is 13.8. The van der Waals surface area contributed by atoms with Crippen molar-refractivity contribution in [3.63, 3.8) is 0 Å². The SMILES string of the molecule is CC(C)CC(=O)N1CCCCC1CNS(C)(=O)=O. The zero-order valence-electron chi connectivity index (χ0n) is 11.5. The molecular weight excluding hydrogens is 252 g/mol. The van der Waals surface area contributed by atoms with E-state index in [1.54, 1.807) is 0 Å². The van der Waals surface area contributed by atoms with E-state index < -0.39 is 10.0 Å². The number of nitrogens with zero attached hydrogens (tertiary/aromatic N) is 1. The van der Waals surface area contributed by atoms with Crippen molar-refractivity contribution in [3.8, 4) is 0 Å². The Morgan fingerprint density at radius 2 is 2.06 bits per heavy atom. The largest absolute Gasteiger partial charge is 0.338 e. The van der Waals surface area contributed by atoms with Gasteiger partial charge in [0.1, 0.15) is 0 Å². The molecule has 0 radical (unpaired) electrons. The van der Waals surface area contributed by atoms with Gasteiger partial charge in [-0.2, -0.15) is 0 Å². The van der Waals surface area contributed by atoms with Crippen LogP contribution in [0.4, 0.5) is 0 Å². The van der Waals surface area contributed by atoms with Crippen molar-refractivity contribution in [2.45, 2.75) is 45.6 Å². The number of carbonyl (C=O) groups excluding carboxylic acids is 1. The average Bonchev–Trinajstić information content (AvgIpc) is 2.25. The van der Waals surface area contributed by atoms with Crippen molar-refractivity contribution in [2.24, 2.45) is 5.92 Å². The van der Waals surface area contributed by atoms with Crippen molar-refractivity contribution in [3.05, 3.63) is 0 Å². The molecule has 0 saturated carbocycles. The van der Waals surface area contributed by atoms with E-state index in [1.807, 2.05) is 18.7 Å². The smallest absolute Gasteiger partial charge is 0.223 e. The Morgan fingerprint density at radius 3 is 2.61 bits per heavy atom. The Kier molecular flexibility index (Phi) is 5.59. The number of rotatable bonds is 5. The molecule has 106 valence electrons. The van der Waals surface area contributed by atoms with E-state index in [0.29, 0.717) is 18.9 Å². The van der Waals surface area contributed by atoms with E-state index >= 15 is 0 Å². The van der Waals surface area contributed by atoms with Crippen molar-refractivity contribution >= 4 is 15.9 Å². The fourth-order valence-corrected chi connectivity index (χ4v) is 2.75. The molecule has 1 rings (SSSR count). The summed E-state index contributed by atoms with van der Waals surface area (Å²) in [6, 6.07) is 0.0136. The maximum Gasteiger partial charge on any atom is 0.223 e. The Morgan fingerprint density at radius 1 is 1.39 bits per heavy atom. The van der Waals surface area contributed by atoms with Crippen LogP contribution < -0.4 is 4.72 Å². The van der Waals surface area contributed by atoms with Gasteiger partial charge in [-0.05, 0) is 25.2 Å². The molecule has 6 heteroatoms. The second-order valence-corrected chi connectivity index (χ2v) is 7.29. The van der Waals surface area contributed by atoms with Gasteiger partial charge in [-0.3, -0.25) is 4.79 Å². The highest BCUT2D eigenvalue weighted by molar-refractivity contribution is 7.88. The molecule has 1 N–H and O–H groups in total.